The van der Waals surface area contributed by atoms with Gasteiger partial charge in [-0.15, -0.1) is 0 Å². The molecule has 0 fully saturated rings. The molecule has 0 spiro atoms. The highest BCUT2D eigenvalue weighted by Gasteiger charge is 2.08. The van der Waals surface area contributed by atoms with Gasteiger partial charge in [0.25, 0.3) is 0 Å². The summed E-state index contributed by atoms with van der Waals surface area (Å²) in [5.74, 6) is -0.650. The third-order valence-corrected chi connectivity index (χ3v) is 2.98. The van der Waals surface area contributed by atoms with Crippen molar-refractivity contribution in [3.05, 3.63) is 58.6 Å². The Balaban J connectivity index is 2.14. The van der Waals surface area contributed by atoms with Crippen LogP contribution in [0.1, 0.15) is 5.56 Å². The molecular weight excluding hydrogens is 272 g/mol. The van der Waals surface area contributed by atoms with Gasteiger partial charge in [0.15, 0.2) is 11.6 Å². The fourth-order valence-corrected chi connectivity index (χ4v) is 1.91. The number of hydrogen-bond acceptors (Lipinski definition) is 2. The van der Waals surface area contributed by atoms with E-state index in [1.54, 1.807) is 18.2 Å². The molecule has 0 heterocycles. The maximum Gasteiger partial charge on any atom is 0.170 e. The van der Waals surface area contributed by atoms with Crippen LogP contribution >= 0.6 is 11.6 Å². The molecule has 2 aromatic rings. The number of rotatable bonds is 4. The van der Waals surface area contributed by atoms with Gasteiger partial charge in [-0.3, -0.25) is 0 Å². The normalized spacial score (nSPS) is 10.3. The van der Waals surface area contributed by atoms with E-state index in [4.69, 9.17) is 16.3 Å². The van der Waals surface area contributed by atoms with Crippen molar-refractivity contribution in [1.82, 2.24) is 0 Å². The molecule has 0 aliphatic carbocycles. The van der Waals surface area contributed by atoms with Gasteiger partial charge in [0, 0.05) is 12.1 Å². The summed E-state index contributed by atoms with van der Waals surface area (Å²) < 4.78 is 31.7. The van der Waals surface area contributed by atoms with E-state index in [0.29, 0.717) is 11.3 Å². The van der Waals surface area contributed by atoms with Crippen LogP contribution in [-0.2, 0) is 6.54 Å². The monoisotopic (exact) mass is 283 g/mol. The molecule has 0 aromatic heterocycles. The van der Waals surface area contributed by atoms with Crippen LogP contribution in [0.2, 0.25) is 5.02 Å². The number of anilines is 1. The van der Waals surface area contributed by atoms with E-state index < -0.39 is 11.6 Å². The summed E-state index contributed by atoms with van der Waals surface area (Å²) in [6.07, 6.45) is 0. The molecule has 0 aliphatic heterocycles. The minimum Gasteiger partial charge on any atom is -0.494 e. The zero-order valence-corrected chi connectivity index (χ0v) is 11.0. The van der Waals surface area contributed by atoms with Crippen molar-refractivity contribution in [1.29, 1.82) is 0 Å². The number of benzene rings is 2. The number of halogens is 3. The second kappa shape index (κ2) is 5.89. The van der Waals surface area contributed by atoms with E-state index in [-0.39, 0.29) is 17.3 Å². The minimum absolute atomic E-state index is 0.185. The van der Waals surface area contributed by atoms with Gasteiger partial charge in [-0.25, -0.2) is 8.78 Å². The third kappa shape index (κ3) is 3.15. The van der Waals surface area contributed by atoms with Crippen molar-refractivity contribution in [3.8, 4) is 5.75 Å². The molecule has 2 nitrogen and oxygen atoms in total. The van der Waals surface area contributed by atoms with E-state index in [1.165, 1.54) is 25.3 Å². The quantitative estimate of drug-likeness (QED) is 0.906. The molecular formula is C14H12ClF2NO. The predicted molar refractivity (Wildman–Crippen MR) is 71.7 cm³/mol. The van der Waals surface area contributed by atoms with Gasteiger partial charge in [0.05, 0.1) is 17.8 Å². The molecule has 0 aliphatic rings. The lowest BCUT2D eigenvalue weighted by Crippen LogP contribution is -2.03. The first kappa shape index (κ1) is 13.6. The van der Waals surface area contributed by atoms with Crippen LogP contribution in [0.4, 0.5) is 14.5 Å². The van der Waals surface area contributed by atoms with E-state index in [2.05, 4.69) is 5.32 Å². The van der Waals surface area contributed by atoms with E-state index in [9.17, 15) is 8.78 Å². The van der Waals surface area contributed by atoms with Crippen molar-refractivity contribution in [3.63, 3.8) is 0 Å². The first-order chi connectivity index (χ1) is 9.11. The molecule has 19 heavy (non-hydrogen) atoms. The summed E-state index contributed by atoms with van der Waals surface area (Å²) in [6.45, 7) is 0.231. The SMILES string of the molecule is COc1cccc(CNc2ccc(F)cc2Cl)c1F. The van der Waals surface area contributed by atoms with E-state index >= 15 is 0 Å². The van der Waals surface area contributed by atoms with Crippen molar-refractivity contribution < 1.29 is 13.5 Å². The number of nitrogens with one attached hydrogen (secondary N) is 1. The van der Waals surface area contributed by atoms with Crippen LogP contribution in [0.25, 0.3) is 0 Å². The Morgan fingerprint density at radius 1 is 1.21 bits per heavy atom. The van der Waals surface area contributed by atoms with Gasteiger partial charge >= 0.3 is 0 Å². The summed E-state index contributed by atoms with van der Waals surface area (Å²) in [5, 5.41) is 3.21. The van der Waals surface area contributed by atoms with Crippen LogP contribution in [0, 0.1) is 11.6 Å². The molecule has 0 radical (unpaired) electrons. The van der Waals surface area contributed by atoms with Gasteiger partial charge in [-0.1, -0.05) is 23.7 Å². The summed E-state index contributed by atoms with van der Waals surface area (Å²) in [5.41, 5.74) is 0.991. The Morgan fingerprint density at radius 3 is 2.68 bits per heavy atom. The van der Waals surface area contributed by atoms with E-state index in [1.807, 2.05) is 0 Å². The zero-order chi connectivity index (χ0) is 13.8. The zero-order valence-electron chi connectivity index (χ0n) is 10.2. The maximum atomic E-state index is 13.9. The fraction of sp³-hybridized carbons (Fsp3) is 0.143. The van der Waals surface area contributed by atoms with Crippen molar-refractivity contribution in [2.24, 2.45) is 0 Å². The number of hydrogen-bond donors (Lipinski definition) is 1. The Labute approximate surface area is 115 Å². The van der Waals surface area contributed by atoms with Crippen molar-refractivity contribution >= 4 is 17.3 Å². The second-order valence-corrected chi connectivity index (χ2v) is 4.32. The molecule has 2 rings (SSSR count). The Morgan fingerprint density at radius 2 is 2.00 bits per heavy atom. The standard InChI is InChI=1S/C14H12ClF2NO/c1-19-13-4-2-3-9(14(13)17)8-18-12-6-5-10(16)7-11(12)15/h2-7,18H,8H2,1H3. The summed E-state index contributed by atoms with van der Waals surface area (Å²) in [6, 6.07) is 8.88. The summed E-state index contributed by atoms with van der Waals surface area (Å²) in [4.78, 5) is 0. The summed E-state index contributed by atoms with van der Waals surface area (Å²) in [7, 11) is 1.41. The molecule has 0 saturated heterocycles. The Kier molecular flexibility index (Phi) is 4.22. The molecule has 5 heteroatoms. The highest BCUT2D eigenvalue weighted by Crippen LogP contribution is 2.25. The van der Waals surface area contributed by atoms with Crippen LogP contribution in [0.5, 0.6) is 5.75 Å². The first-order valence-corrected chi connectivity index (χ1v) is 6.00. The molecule has 0 bridgehead atoms. The minimum atomic E-state index is -0.421. The molecule has 100 valence electrons. The van der Waals surface area contributed by atoms with Crippen molar-refractivity contribution in [2.75, 3.05) is 12.4 Å². The maximum absolute atomic E-state index is 13.9. The lowest BCUT2D eigenvalue weighted by atomic mass is 10.2. The van der Waals surface area contributed by atoms with Crippen LogP contribution in [-0.4, -0.2) is 7.11 Å². The molecule has 0 unspecified atom stereocenters. The van der Waals surface area contributed by atoms with Gasteiger partial charge in [0.2, 0.25) is 0 Å². The third-order valence-electron chi connectivity index (χ3n) is 2.66. The number of methoxy groups -OCH3 is 1. The molecule has 0 amide bonds. The highest BCUT2D eigenvalue weighted by atomic mass is 35.5. The van der Waals surface area contributed by atoms with Gasteiger partial charge in [0.1, 0.15) is 5.82 Å². The lowest BCUT2D eigenvalue weighted by Gasteiger charge is -2.10. The van der Waals surface area contributed by atoms with Gasteiger partial charge < -0.3 is 10.1 Å². The van der Waals surface area contributed by atoms with E-state index in [0.717, 1.165) is 0 Å². The fourth-order valence-electron chi connectivity index (χ4n) is 1.67. The van der Waals surface area contributed by atoms with Gasteiger partial charge in [-0.05, 0) is 24.3 Å². The average Bonchev–Trinajstić information content (AvgIpc) is 2.39. The largest absolute Gasteiger partial charge is 0.494 e. The van der Waals surface area contributed by atoms with Gasteiger partial charge in [-0.2, -0.15) is 0 Å². The number of ether oxygens (including phenoxy) is 1. The first-order valence-electron chi connectivity index (χ1n) is 5.62. The topological polar surface area (TPSA) is 21.3 Å². The second-order valence-electron chi connectivity index (χ2n) is 3.91. The lowest BCUT2D eigenvalue weighted by molar-refractivity contribution is 0.384. The molecule has 1 N–H and O–H groups in total. The van der Waals surface area contributed by atoms with Crippen LogP contribution < -0.4 is 10.1 Å². The average molecular weight is 284 g/mol. The Bertz CT molecular complexity index is 590. The molecule has 0 saturated carbocycles. The predicted octanol–water partition coefficient (Wildman–Crippen LogP) is 4.24. The van der Waals surface area contributed by atoms with Crippen LogP contribution in [0.3, 0.4) is 0 Å². The highest BCUT2D eigenvalue weighted by molar-refractivity contribution is 6.33. The Hall–Kier alpha value is -1.81. The van der Waals surface area contributed by atoms with Crippen molar-refractivity contribution in [2.45, 2.75) is 6.54 Å². The molecule has 2 aromatic carbocycles. The smallest absolute Gasteiger partial charge is 0.170 e. The molecule has 0 atom stereocenters. The summed E-state index contributed by atoms with van der Waals surface area (Å²) >= 11 is 5.87. The van der Waals surface area contributed by atoms with Crippen LogP contribution in [0.15, 0.2) is 36.4 Å².